The SMILES string of the molecule is O=C(Nc1ccnc(Cl)c1)Nc1ccc(-c2cccnc2)cn1. The maximum absolute atomic E-state index is 11.9. The van der Waals surface area contributed by atoms with Crippen LogP contribution in [-0.2, 0) is 0 Å². The summed E-state index contributed by atoms with van der Waals surface area (Å²) in [5, 5.41) is 5.61. The molecule has 0 fully saturated rings. The molecule has 0 saturated carbocycles. The predicted octanol–water partition coefficient (Wildman–Crippen LogP) is 3.84. The van der Waals surface area contributed by atoms with Gasteiger partial charge >= 0.3 is 6.03 Å². The summed E-state index contributed by atoms with van der Waals surface area (Å²) in [6.07, 6.45) is 6.65. The Kier molecular flexibility index (Phi) is 4.44. The second kappa shape index (κ2) is 6.85. The van der Waals surface area contributed by atoms with Gasteiger partial charge in [-0.15, -0.1) is 0 Å². The molecule has 2 amide bonds. The summed E-state index contributed by atoms with van der Waals surface area (Å²) in [5.41, 5.74) is 2.43. The Morgan fingerprint density at radius 3 is 2.52 bits per heavy atom. The van der Waals surface area contributed by atoms with Crippen LogP contribution in [0.15, 0.2) is 61.2 Å². The third-order valence-electron chi connectivity index (χ3n) is 2.98. The Morgan fingerprint density at radius 2 is 1.83 bits per heavy atom. The van der Waals surface area contributed by atoms with Crippen LogP contribution < -0.4 is 10.6 Å². The van der Waals surface area contributed by atoms with Crippen LogP contribution >= 0.6 is 11.6 Å². The number of nitrogens with zero attached hydrogens (tertiary/aromatic N) is 3. The highest BCUT2D eigenvalue weighted by Gasteiger charge is 2.05. The Bertz CT molecular complexity index is 808. The van der Waals surface area contributed by atoms with Gasteiger partial charge in [-0.05, 0) is 30.3 Å². The number of urea groups is 1. The third-order valence-corrected chi connectivity index (χ3v) is 3.19. The average molecular weight is 326 g/mol. The molecule has 0 saturated heterocycles. The first kappa shape index (κ1) is 14.9. The van der Waals surface area contributed by atoms with Crippen molar-refractivity contribution in [1.82, 2.24) is 15.0 Å². The molecule has 3 rings (SSSR count). The minimum atomic E-state index is -0.408. The van der Waals surface area contributed by atoms with E-state index in [1.54, 1.807) is 36.8 Å². The molecule has 0 spiro atoms. The van der Waals surface area contributed by atoms with Gasteiger partial charge in [0, 0.05) is 41.6 Å². The zero-order valence-electron chi connectivity index (χ0n) is 11.9. The van der Waals surface area contributed by atoms with Gasteiger partial charge < -0.3 is 5.32 Å². The van der Waals surface area contributed by atoms with E-state index in [2.05, 4.69) is 25.6 Å². The summed E-state index contributed by atoms with van der Waals surface area (Å²) in [6.45, 7) is 0. The molecule has 114 valence electrons. The number of pyridine rings is 3. The fourth-order valence-corrected chi connectivity index (χ4v) is 2.10. The fraction of sp³-hybridized carbons (Fsp3) is 0. The van der Waals surface area contributed by atoms with Crippen molar-refractivity contribution in [2.45, 2.75) is 0 Å². The number of carbonyl (C=O) groups excluding carboxylic acids is 1. The zero-order chi connectivity index (χ0) is 16.1. The van der Waals surface area contributed by atoms with Crippen LogP contribution in [0.1, 0.15) is 0 Å². The number of rotatable bonds is 3. The topological polar surface area (TPSA) is 79.8 Å². The molecule has 23 heavy (non-hydrogen) atoms. The van der Waals surface area contributed by atoms with Crippen molar-refractivity contribution in [3.05, 3.63) is 66.3 Å². The van der Waals surface area contributed by atoms with Crippen molar-refractivity contribution in [2.24, 2.45) is 0 Å². The summed E-state index contributed by atoms with van der Waals surface area (Å²) in [7, 11) is 0. The summed E-state index contributed by atoms with van der Waals surface area (Å²) in [4.78, 5) is 24.0. The van der Waals surface area contributed by atoms with E-state index in [9.17, 15) is 4.79 Å². The minimum Gasteiger partial charge on any atom is -0.308 e. The number of carbonyl (C=O) groups is 1. The molecule has 0 aliphatic heterocycles. The molecule has 0 radical (unpaired) electrons. The van der Waals surface area contributed by atoms with Crippen LogP contribution in [0.3, 0.4) is 0 Å². The van der Waals surface area contributed by atoms with Gasteiger partial charge in [0.2, 0.25) is 0 Å². The fourth-order valence-electron chi connectivity index (χ4n) is 1.93. The van der Waals surface area contributed by atoms with Crippen molar-refractivity contribution < 1.29 is 4.79 Å². The monoisotopic (exact) mass is 325 g/mol. The van der Waals surface area contributed by atoms with Gasteiger partial charge in [0.25, 0.3) is 0 Å². The lowest BCUT2D eigenvalue weighted by molar-refractivity contribution is 0.262. The number of halogens is 1. The van der Waals surface area contributed by atoms with Crippen LogP contribution in [0.25, 0.3) is 11.1 Å². The Hall–Kier alpha value is -2.99. The van der Waals surface area contributed by atoms with Crippen molar-refractivity contribution in [1.29, 1.82) is 0 Å². The van der Waals surface area contributed by atoms with Crippen LogP contribution in [-0.4, -0.2) is 21.0 Å². The standard InChI is InChI=1S/C16H12ClN5O/c17-14-8-13(5-7-19-14)21-16(23)22-15-4-3-12(10-20-15)11-2-1-6-18-9-11/h1-10H,(H2,19,20,21,22,23). The van der Waals surface area contributed by atoms with Crippen molar-refractivity contribution >= 4 is 29.1 Å². The lowest BCUT2D eigenvalue weighted by Gasteiger charge is -2.07. The summed E-state index contributed by atoms with van der Waals surface area (Å²) < 4.78 is 0. The van der Waals surface area contributed by atoms with Crippen LogP contribution in [0.4, 0.5) is 16.3 Å². The number of hydrogen-bond donors (Lipinski definition) is 2. The summed E-state index contributed by atoms with van der Waals surface area (Å²) >= 11 is 5.76. The highest BCUT2D eigenvalue weighted by Crippen LogP contribution is 2.18. The van der Waals surface area contributed by atoms with Gasteiger partial charge in [0.05, 0.1) is 0 Å². The van der Waals surface area contributed by atoms with Crippen molar-refractivity contribution in [3.8, 4) is 11.1 Å². The van der Waals surface area contributed by atoms with Crippen molar-refractivity contribution in [2.75, 3.05) is 10.6 Å². The Morgan fingerprint density at radius 1 is 0.957 bits per heavy atom. The molecule has 0 unspecified atom stereocenters. The number of amides is 2. The van der Waals surface area contributed by atoms with E-state index in [4.69, 9.17) is 11.6 Å². The molecule has 3 aromatic heterocycles. The second-order valence-corrected chi connectivity index (χ2v) is 5.01. The predicted molar refractivity (Wildman–Crippen MR) is 89.4 cm³/mol. The molecule has 2 N–H and O–H groups in total. The lowest BCUT2D eigenvalue weighted by atomic mass is 10.1. The number of nitrogens with one attached hydrogen (secondary N) is 2. The largest absolute Gasteiger partial charge is 0.324 e. The van der Waals surface area contributed by atoms with Crippen LogP contribution in [0, 0.1) is 0 Å². The molecule has 6 nitrogen and oxygen atoms in total. The Labute approximate surface area is 137 Å². The number of aromatic nitrogens is 3. The quantitative estimate of drug-likeness (QED) is 0.717. The average Bonchev–Trinajstić information content (AvgIpc) is 2.56. The normalized spacial score (nSPS) is 10.1. The molecular weight excluding hydrogens is 314 g/mol. The van der Waals surface area contributed by atoms with E-state index < -0.39 is 6.03 Å². The molecular formula is C16H12ClN5O. The van der Waals surface area contributed by atoms with Gasteiger partial charge in [-0.3, -0.25) is 10.3 Å². The van der Waals surface area contributed by atoms with E-state index in [-0.39, 0.29) is 0 Å². The molecule has 0 atom stereocenters. The summed E-state index contributed by atoms with van der Waals surface area (Å²) in [6, 6.07) is 10.2. The van der Waals surface area contributed by atoms with E-state index >= 15 is 0 Å². The maximum atomic E-state index is 11.9. The van der Waals surface area contributed by atoms with E-state index in [1.165, 1.54) is 6.20 Å². The molecule has 3 heterocycles. The molecule has 0 aliphatic rings. The van der Waals surface area contributed by atoms with E-state index in [0.29, 0.717) is 16.7 Å². The van der Waals surface area contributed by atoms with Gasteiger partial charge in [-0.25, -0.2) is 14.8 Å². The first-order chi connectivity index (χ1) is 11.2. The Balaban J connectivity index is 1.65. The van der Waals surface area contributed by atoms with E-state index in [1.807, 2.05) is 18.2 Å². The third kappa shape index (κ3) is 4.02. The van der Waals surface area contributed by atoms with Gasteiger partial charge in [0.1, 0.15) is 11.0 Å². The summed E-state index contributed by atoms with van der Waals surface area (Å²) in [5.74, 6) is 0.440. The molecule has 0 bridgehead atoms. The first-order valence-electron chi connectivity index (χ1n) is 6.77. The molecule has 3 aromatic rings. The van der Waals surface area contributed by atoms with Crippen LogP contribution in [0.2, 0.25) is 5.15 Å². The minimum absolute atomic E-state index is 0.307. The zero-order valence-corrected chi connectivity index (χ0v) is 12.7. The van der Waals surface area contributed by atoms with Crippen molar-refractivity contribution in [3.63, 3.8) is 0 Å². The first-order valence-corrected chi connectivity index (χ1v) is 7.14. The smallest absolute Gasteiger partial charge is 0.308 e. The highest BCUT2D eigenvalue weighted by atomic mass is 35.5. The van der Waals surface area contributed by atoms with Gasteiger partial charge in [0.15, 0.2) is 0 Å². The molecule has 0 aromatic carbocycles. The van der Waals surface area contributed by atoms with Gasteiger partial charge in [-0.2, -0.15) is 0 Å². The maximum Gasteiger partial charge on any atom is 0.324 e. The molecule has 7 heteroatoms. The second-order valence-electron chi connectivity index (χ2n) is 4.62. The number of anilines is 2. The molecule has 0 aliphatic carbocycles. The van der Waals surface area contributed by atoms with Gasteiger partial charge in [-0.1, -0.05) is 17.7 Å². The lowest BCUT2D eigenvalue weighted by Crippen LogP contribution is -2.20. The highest BCUT2D eigenvalue weighted by molar-refractivity contribution is 6.29. The number of hydrogen-bond acceptors (Lipinski definition) is 4. The van der Waals surface area contributed by atoms with E-state index in [0.717, 1.165) is 11.1 Å². The van der Waals surface area contributed by atoms with Crippen LogP contribution in [0.5, 0.6) is 0 Å².